The zero-order valence-electron chi connectivity index (χ0n) is 9.37. The molecule has 1 aliphatic heterocycles. The van der Waals surface area contributed by atoms with Gasteiger partial charge < -0.3 is 9.15 Å². The number of hydrogen-bond acceptors (Lipinski definition) is 5. The molecule has 2 rings (SSSR count). The van der Waals surface area contributed by atoms with Gasteiger partial charge in [-0.2, -0.15) is 5.10 Å². The average Bonchev–Trinajstić information content (AvgIpc) is 2.26. The monoisotopic (exact) mass is 222 g/mol. The summed E-state index contributed by atoms with van der Waals surface area (Å²) in [5.74, 6) is 0.464. The summed E-state index contributed by atoms with van der Waals surface area (Å²) in [5, 5.41) is 4.14. The third-order valence-electron chi connectivity index (χ3n) is 2.58. The van der Waals surface area contributed by atoms with Crippen LogP contribution in [0.2, 0.25) is 0 Å². The quantitative estimate of drug-likeness (QED) is 0.837. The number of hydrogen-bond donors (Lipinski definition) is 1. The largest absolute Gasteiger partial charge is 0.405 e. The van der Waals surface area contributed by atoms with E-state index in [9.17, 15) is 4.79 Å². The molecule has 1 aromatic heterocycles. The van der Waals surface area contributed by atoms with Crippen molar-refractivity contribution < 1.29 is 9.15 Å². The molecule has 5 nitrogen and oxygen atoms in total. The lowest BCUT2D eigenvalue weighted by Gasteiger charge is -2.16. The molecule has 0 amide bonds. The summed E-state index contributed by atoms with van der Waals surface area (Å²) < 4.78 is 10.0. The van der Waals surface area contributed by atoms with Crippen molar-refractivity contribution in [1.82, 2.24) is 0 Å². The number of methoxy groups -OCH3 is 1. The molecule has 0 radical (unpaired) electrons. The van der Waals surface area contributed by atoms with Gasteiger partial charge in [0.05, 0.1) is 6.61 Å². The Morgan fingerprint density at radius 3 is 3.19 bits per heavy atom. The lowest BCUT2D eigenvalue weighted by molar-refractivity contribution is 0.207. The van der Waals surface area contributed by atoms with Crippen molar-refractivity contribution in [2.24, 2.45) is 5.10 Å². The average molecular weight is 222 g/mol. The van der Waals surface area contributed by atoms with Gasteiger partial charge in [-0.1, -0.05) is 0 Å². The molecule has 0 aromatic carbocycles. The lowest BCUT2D eigenvalue weighted by atomic mass is 10.0. The summed E-state index contributed by atoms with van der Waals surface area (Å²) in [6.07, 6.45) is 1.49. The molecule has 0 saturated carbocycles. The van der Waals surface area contributed by atoms with E-state index in [-0.39, 0.29) is 5.63 Å². The Balaban J connectivity index is 2.22. The van der Waals surface area contributed by atoms with Crippen LogP contribution in [-0.4, -0.2) is 19.4 Å². The molecule has 0 atom stereocenters. The van der Waals surface area contributed by atoms with E-state index in [0.717, 1.165) is 23.3 Å². The SMILES string of the molecule is COCCC1=NNc2oc(=O)cc(C)c2C1. The van der Waals surface area contributed by atoms with Crippen LogP contribution >= 0.6 is 0 Å². The number of aryl methyl sites for hydroxylation is 1. The van der Waals surface area contributed by atoms with Gasteiger partial charge in [0.2, 0.25) is 5.88 Å². The molecule has 1 N–H and O–H groups in total. The summed E-state index contributed by atoms with van der Waals surface area (Å²) in [6, 6.07) is 1.50. The number of nitrogens with zero attached hydrogens (tertiary/aromatic N) is 1. The van der Waals surface area contributed by atoms with Gasteiger partial charge in [0.15, 0.2) is 0 Å². The normalized spacial score (nSPS) is 14.0. The second-order valence-corrected chi connectivity index (χ2v) is 3.77. The van der Waals surface area contributed by atoms with Gasteiger partial charge in [0.1, 0.15) is 0 Å². The maximum Gasteiger partial charge on any atom is 0.337 e. The first kappa shape index (κ1) is 10.9. The Morgan fingerprint density at radius 1 is 1.62 bits per heavy atom. The van der Waals surface area contributed by atoms with Crippen LogP contribution in [0.25, 0.3) is 0 Å². The molecular weight excluding hydrogens is 208 g/mol. The van der Waals surface area contributed by atoms with E-state index in [0.29, 0.717) is 18.9 Å². The fraction of sp³-hybridized carbons (Fsp3) is 0.455. The molecule has 0 bridgehead atoms. The van der Waals surface area contributed by atoms with E-state index >= 15 is 0 Å². The van der Waals surface area contributed by atoms with Gasteiger partial charge in [0.25, 0.3) is 0 Å². The van der Waals surface area contributed by atoms with Gasteiger partial charge in [-0.25, -0.2) is 10.2 Å². The number of hydrazone groups is 1. The number of anilines is 1. The van der Waals surface area contributed by atoms with Crippen molar-refractivity contribution in [2.45, 2.75) is 19.8 Å². The highest BCUT2D eigenvalue weighted by atomic mass is 16.5. The van der Waals surface area contributed by atoms with Crippen LogP contribution in [0, 0.1) is 6.92 Å². The molecule has 1 aliphatic rings. The number of fused-ring (bicyclic) bond motifs is 1. The van der Waals surface area contributed by atoms with Crippen molar-refractivity contribution >= 4 is 11.6 Å². The second kappa shape index (κ2) is 4.49. The summed E-state index contributed by atoms with van der Waals surface area (Å²) in [5.41, 5.74) is 5.36. The molecule has 0 unspecified atom stereocenters. The Kier molecular flexibility index (Phi) is 3.05. The molecule has 0 fully saturated rings. The van der Waals surface area contributed by atoms with E-state index in [4.69, 9.17) is 9.15 Å². The smallest absolute Gasteiger partial charge is 0.337 e. The molecule has 0 spiro atoms. The predicted molar refractivity (Wildman–Crippen MR) is 61.0 cm³/mol. The fourth-order valence-electron chi connectivity index (χ4n) is 1.68. The fourth-order valence-corrected chi connectivity index (χ4v) is 1.68. The van der Waals surface area contributed by atoms with E-state index in [1.54, 1.807) is 7.11 Å². The van der Waals surface area contributed by atoms with Crippen molar-refractivity contribution in [1.29, 1.82) is 0 Å². The highest BCUT2D eigenvalue weighted by Crippen LogP contribution is 2.22. The molecule has 86 valence electrons. The van der Waals surface area contributed by atoms with Crippen LogP contribution in [0.1, 0.15) is 17.5 Å². The minimum absolute atomic E-state index is 0.348. The number of nitrogens with one attached hydrogen (secondary N) is 1. The van der Waals surface area contributed by atoms with Crippen LogP contribution in [-0.2, 0) is 11.2 Å². The third kappa shape index (κ3) is 2.14. The molecular formula is C11H14N2O3. The topological polar surface area (TPSA) is 63.8 Å². The summed E-state index contributed by atoms with van der Waals surface area (Å²) >= 11 is 0. The lowest BCUT2D eigenvalue weighted by Crippen LogP contribution is -2.18. The standard InChI is InChI=1S/C11H14N2O3/c1-7-5-10(14)16-11-9(7)6-8(12-13-11)3-4-15-2/h5,13H,3-4,6H2,1-2H3. The Labute approximate surface area is 93.1 Å². The van der Waals surface area contributed by atoms with E-state index in [2.05, 4.69) is 10.5 Å². The van der Waals surface area contributed by atoms with Crippen molar-refractivity contribution in [3.8, 4) is 0 Å². The van der Waals surface area contributed by atoms with Crippen LogP contribution in [0.15, 0.2) is 20.4 Å². The van der Waals surface area contributed by atoms with Crippen molar-refractivity contribution in [3.63, 3.8) is 0 Å². The minimum Gasteiger partial charge on any atom is -0.405 e. The summed E-state index contributed by atoms with van der Waals surface area (Å²) in [6.45, 7) is 2.54. The van der Waals surface area contributed by atoms with Gasteiger partial charge >= 0.3 is 5.63 Å². The highest BCUT2D eigenvalue weighted by molar-refractivity contribution is 5.90. The van der Waals surface area contributed by atoms with Crippen molar-refractivity contribution in [2.75, 3.05) is 19.1 Å². The van der Waals surface area contributed by atoms with Gasteiger partial charge in [-0.15, -0.1) is 0 Å². The summed E-state index contributed by atoms with van der Waals surface area (Å²) in [7, 11) is 1.66. The van der Waals surface area contributed by atoms with Crippen LogP contribution in [0.5, 0.6) is 0 Å². The van der Waals surface area contributed by atoms with E-state index in [1.807, 2.05) is 6.92 Å². The van der Waals surface area contributed by atoms with E-state index in [1.165, 1.54) is 6.07 Å². The first-order chi connectivity index (χ1) is 7.70. The Bertz CT molecular complexity index is 477. The minimum atomic E-state index is -0.348. The zero-order valence-corrected chi connectivity index (χ0v) is 9.37. The molecule has 1 aromatic rings. The predicted octanol–water partition coefficient (Wildman–Crippen LogP) is 1.31. The Morgan fingerprint density at radius 2 is 2.44 bits per heavy atom. The first-order valence-corrected chi connectivity index (χ1v) is 5.14. The van der Waals surface area contributed by atoms with Crippen LogP contribution in [0.3, 0.4) is 0 Å². The number of ether oxygens (including phenoxy) is 1. The molecule has 0 aliphatic carbocycles. The molecule has 5 heteroatoms. The van der Waals surface area contributed by atoms with Gasteiger partial charge in [0, 0.05) is 37.3 Å². The maximum absolute atomic E-state index is 11.1. The second-order valence-electron chi connectivity index (χ2n) is 3.77. The zero-order chi connectivity index (χ0) is 11.5. The van der Waals surface area contributed by atoms with E-state index < -0.39 is 0 Å². The van der Waals surface area contributed by atoms with Gasteiger partial charge in [-0.05, 0) is 12.5 Å². The highest BCUT2D eigenvalue weighted by Gasteiger charge is 2.17. The first-order valence-electron chi connectivity index (χ1n) is 5.14. The molecule has 16 heavy (non-hydrogen) atoms. The Hall–Kier alpha value is -1.62. The molecule has 0 saturated heterocycles. The van der Waals surface area contributed by atoms with Crippen LogP contribution in [0.4, 0.5) is 5.88 Å². The van der Waals surface area contributed by atoms with Gasteiger partial charge in [-0.3, -0.25) is 0 Å². The summed E-state index contributed by atoms with van der Waals surface area (Å²) in [4.78, 5) is 11.1. The molecule has 2 heterocycles. The number of rotatable bonds is 3. The van der Waals surface area contributed by atoms with Crippen LogP contribution < -0.4 is 11.1 Å². The third-order valence-corrected chi connectivity index (χ3v) is 2.58. The van der Waals surface area contributed by atoms with Crippen molar-refractivity contribution in [3.05, 3.63) is 27.6 Å². The maximum atomic E-state index is 11.1.